The molecule has 1 saturated heterocycles. The fourth-order valence-corrected chi connectivity index (χ4v) is 5.58. The van der Waals surface area contributed by atoms with Gasteiger partial charge in [0, 0.05) is 17.7 Å². The number of benzene rings is 3. The molecule has 1 fully saturated rings. The average Bonchev–Trinajstić information content (AvgIpc) is 3.30. The van der Waals surface area contributed by atoms with Gasteiger partial charge in [0.2, 0.25) is 15.9 Å². The number of hydrogen-bond acceptors (Lipinski definition) is 6. The van der Waals surface area contributed by atoms with E-state index >= 15 is 0 Å². The predicted molar refractivity (Wildman–Crippen MR) is 131 cm³/mol. The number of nitrogens with one attached hydrogen (secondary N) is 1. The number of sulfonamides is 1. The molecule has 35 heavy (non-hydrogen) atoms. The van der Waals surface area contributed by atoms with Gasteiger partial charge in [-0.25, -0.2) is 8.42 Å². The molecule has 1 heterocycles. The topological polar surface area (TPSA) is 102 Å². The minimum Gasteiger partial charge on any atom is -0.497 e. The summed E-state index contributed by atoms with van der Waals surface area (Å²) in [5, 5.41) is 2.77. The normalized spacial score (nSPS) is 18.1. The fraction of sp³-hybridized carbons (Fsp3) is 0.231. The lowest BCUT2D eigenvalue weighted by Crippen LogP contribution is -2.43. The number of rotatable bonds is 8. The van der Waals surface area contributed by atoms with E-state index in [0.717, 1.165) is 0 Å². The zero-order valence-corrected chi connectivity index (χ0v) is 20.2. The number of para-hydroxylation sites is 1. The van der Waals surface area contributed by atoms with Crippen LogP contribution in [0, 0.1) is 0 Å². The summed E-state index contributed by atoms with van der Waals surface area (Å²) in [5.74, 6) is 0.562. The summed E-state index contributed by atoms with van der Waals surface area (Å²) >= 11 is 0. The summed E-state index contributed by atoms with van der Waals surface area (Å²) in [7, 11) is -2.50. The Morgan fingerprint density at radius 1 is 0.914 bits per heavy atom. The number of carbonyl (C=O) groups is 2. The second-order valence-electron chi connectivity index (χ2n) is 8.18. The van der Waals surface area contributed by atoms with Crippen molar-refractivity contribution < 1.29 is 27.5 Å². The molecule has 0 spiro atoms. The molecule has 0 saturated carbocycles. The van der Waals surface area contributed by atoms with Gasteiger partial charge < -0.3 is 14.8 Å². The second-order valence-corrected chi connectivity index (χ2v) is 10.1. The summed E-state index contributed by atoms with van der Waals surface area (Å²) in [5.41, 5.74) is 0.984. The van der Waals surface area contributed by atoms with Crippen LogP contribution < -0.4 is 14.8 Å². The number of amides is 1. The summed E-state index contributed by atoms with van der Waals surface area (Å²) in [6.07, 6.45) is -0.331. The molecule has 0 bridgehead atoms. The van der Waals surface area contributed by atoms with E-state index < -0.39 is 28.1 Å². The van der Waals surface area contributed by atoms with Crippen LogP contribution in [0.15, 0.2) is 83.8 Å². The number of ketones is 1. The molecule has 1 amide bonds. The first-order chi connectivity index (χ1) is 16.8. The largest absolute Gasteiger partial charge is 0.497 e. The molecule has 4 rings (SSSR count). The van der Waals surface area contributed by atoms with Gasteiger partial charge in [0.25, 0.3) is 0 Å². The van der Waals surface area contributed by atoms with Crippen molar-refractivity contribution in [2.24, 2.45) is 0 Å². The molecule has 0 aliphatic carbocycles. The third-order valence-corrected chi connectivity index (χ3v) is 7.68. The molecule has 3 aromatic carbocycles. The van der Waals surface area contributed by atoms with Crippen molar-refractivity contribution in [3.63, 3.8) is 0 Å². The maximum absolute atomic E-state index is 13.5. The third-order valence-electron chi connectivity index (χ3n) is 5.79. The lowest BCUT2D eigenvalue weighted by atomic mass is 10.1. The predicted octanol–water partition coefficient (Wildman–Crippen LogP) is 3.75. The van der Waals surface area contributed by atoms with E-state index in [1.54, 1.807) is 48.5 Å². The van der Waals surface area contributed by atoms with Crippen LogP contribution in [0.1, 0.15) is 23.7 Å². The van der Waals surface area contributed by atoms with E-state index in [1.807, 2.05) is 18.2 Å². The van der Waals surface area contributed by atoms with Gasteiger partial charge in [-0.15, -0.1) is 0 Å². The molecule has 8 nitrogen and oxygen atoms in total. The van der Waals surface area contributed by atoms with Crippen molar-refractivity contribution in [1.82, 2.24) is 4.31 Å². The lowest BCUT2D eigenvalue weighted by Gasteiger charge is -2.23. The van der Waals surface area contributed by atoms with Crippen LogP contribution in [0.2, 0.25) is 0 Å². The Morgan fingerprint density at radius 2 is 1.57 bits per heavy atom. The second kappa shape index (κ2) is 10.3. The van der Waals surface area contributed by atoms with Gasteiger partial charge in [-0.3, -0.25) is 9.59 Å². The molecule has 2 atom stereocenters. The number of carbonyl (C=O) groups excluding carboxylic acids is 2. The van der Waals surface area contributed by atoms with Gasteiger partial charge in [-0.1, -0.05) is 18.2 Å². The first-order valence-electron chi connectivity index (χ1n) is 11.1. The van der Waals surface area contributed by atoms with Crippen LogP contribution in [0.3, 0.4) is 0 Å². The molecular weight excluding hydrogens is 468 g/mol. The molecule has 2 unspecified atom stereocenters. The standard InChI is InChI=1S/C26H26N2O6S/c1-18(29)19-8-10-20(11-9-19)27-26(30)25-16-23(34-22-6-4-3-5-7-22)17-28(25)35(31,32)24-14-12-21(33-2)13-15-24/h3-15,23,25H,16-17H2,1-2H3,(H,27,30). The number of methoxy groups -OCH3 is 1. The fourth-order valence-electron chi connectivity index (χ4n) is 3.95. The lowest BCUT2D eigenvalue weighted by molar-refractivity contribution is -0.119. The van der Waals surface area contributed by atoms with Gasteiger partial charge in [0.1, 0.15) is 23.6 Å². The molecule has 9 heteroatoms. The van der Waals surface area contributed by atoms with Crippen LogP contribution >= 0.6 is 0 Å². The van der Waals surface area contributed by atoms with Crippen LogP contribution in [-0.2, 0) is 14.8 Å². The number of nitrogens with zero attached hydrogens (tertiary/aromatic N) is 1. The van der Waals surface area contributed by atoms with Crippen molar-refractivity contribution in [2.75, 3.05) is 19.0 Å². The SMILES string of the molecule is COc1ccc(S(=O)(=O)N2CC(Oc3ccccc3)CC2C(=O)Nc2ccc(C(C)=O)cc2)cc1. The molecular formula is C26H26N2O6S. The molecule has 1 aliphatic heterocycles. The van der Waals surface area contributed by atoms with Crippen LogP contribution in [-0.4, -0.2) is 50.2 Å². The summed E-state index contributed by atoms with van der Waals surface area (Å²) in [6, 6.07) is 20.6. The Labute approximate surface area is 204 Å². The van der Waals surface area contributed by atoms with Crippen LogP contribution in [0.25, 0.3) is 0 Å². The molecule has 182 valence electrons. The van der Waals surface area contributed by atoms with Crippen molar-refractivity contribution in [3.05, 3.63) is 84.4 Å². The molecule has 1 N–H and O–H groups in total. The highest BCUT2D eigenvalue weighted by molar-refractivity contribution is 7.89. The maximum Gasteiger partial charge on any atom is 0.243 e. The Balaban J connectivity index is 1.60. The summed E-state index contributed by atoms with van der Waals surface area (Å²) in [4.78, 5) is 24.8. The monoisotopic (exact) mass is 494 g/mol. The van der Waals surface area contributed by atoms with Crippen molar-refractivity contribution >= 4 is 27.4 Å². The highest BCUT2D eigenvalue weighted by atomic mass is 32.2. The van der Waals surface area contributed by atoms with Gasteiger partial charge in [0.05, 0.1) is 18.6 Å². The Bertz CT molecular complexity index is 1290. The Morgan fingerprint density at radius 3 is 2.17 bits per heavy atom. The first kappa shape index (κ1) is 24.4. The van der Waals surface area contributed by atoms with Crippen molar-refractivity contribution in [3.8, 4) is 11.5 Å². The van der Waals surface area contributed by atoms with E-state index in [0.29, 0.717) is 22.7 Å². The number of ether oxygens (including phenoxy) is 2. The highest BCUT2D eigenvalue weighted by Gasteiger charge is 2.45. The number of hydrogen-bond donors (Lipinski definition) is 1. The Kier molecular flexibility index (Phi) is 7.18. The summed E-state index contributed by atoms with van der Waals surface area (Å²) < 4.78 is 39.4. The van der Waals surface area contributed by atoms with Gasteiger partial charge >= 0.3 is 0 Å². The zero-order valence-electron chi connectivity index (χ0n) is 19.4. The molecule has 0 aromatic heterocycles. The maximum atomic E-state index is 13.5. The third kappa shape index (κ3) is 5.52. The molecule has 0 radical (unpaired) electrons. The minimum absolute atomic E-state index is 0.0185. The first-order valence-corrected chi connectivity index (χ1v) is 12.5. The average molecular weight is 495 g/mol. The number of Topliss-reactive ketones (excluding diaryl/α,β-unsaturated/α-hetero) is 1. The molecule has 1 aliphatic rings. The minimum atomic E-state index is -4.00. The van der Waals surface area contributed by atoms with E-state index in [1.165, 1.54) is 30.5 Å². The van der Waals surface area contributed by atoms with E-state index in [-0.39, 0.29) is 23.6 Å². The number of anilines is 1. The zero-order chi connectivity index (χ0) is 25.0. The molecule has 3 aromatic rings. The van der Waals surface area contributed by atoms with Crippen molar-refractivity contribution in [1.29, 1.82) is 0 Å². The van der Waals surface area contributed by atoms with E-state index in [9.17, 15) is 18.0 Å². The van der Waals surface area contributed by atoms with Gasteiger partial charge in [-0.2, -0.15) is 4.31 Å². The van der Waals surface area contributed by atoms with E-state index in [4.69, 9.17) is 9.47 Å². The van der Waals surface area contributed by atoms with Crippen LogP contribution in [0.4, 0.5) is 5.69 Å². The summed E-state index contributed by atoms with van der Waals surface area (Å²) in [6.45, 7) is 1.48. The smallest absolute Gasteiger partial charge is 0.243 e. The van der Waals surface area contributed by atoms with Gasteiger partial charge in [0.15, 0.2) is 5.78 Å². The Hall–Kier alpha value is -3.69. The van der Waals surface area contributed by atoms with Crippen molar-refractivity contribution in [2.45, 2.75) is 30.4 Å². The van der Waals surface area contributed by atoms with E-state index in [2.05, 4.69) is 5.32 Å². The van der Waals surface area contributed by atoms with Crippen LogP contribution in [0.5, 0.6) is 11.5 Å². The van der Waals surface area contributed by atoms with Gasteiger partial charge in [-0.05, 0) is 67.6 Å². The highest BCUT2D eigenvalue weighted by Crippen LogP contribution is 2.30. The quantitative estimate of drug-likeness (QED) is 0.479.